The van der Waals surface area contributed by atoms with Crippen LogP contribution in [0.1, 0.15) is 36.3 Å². The first kappa shape index (κ1) is 22.2. The first-order chi connectivity index (χ1) is 12.9. The summed E-state index contributed by atoms with van der Waals surface area (Å²) in [6, 6.07) is 8.20. The van der Waals surface area contributed by atoms with Gasteiger partial charge in [-0.2, -0.15) is 0 Å². The summed E-state index contributed by atoms with van der Waals surface area (Å²) in [7, 11) is 0. The molecule has 0 aliphatic carbocycles. The molecule has 2 aromatic rings. The van der Waals surface area contributed by atoms with E-state index in [4.69, 9.17) is 14.1 Å². The Labute approximate surface area is 183 Å². The van der Waals surface area contributed by atoms with Gasteiger partial charge in [-0.25, -0.2) is 0 Å². The van der Waals surface area contributed by atoms with Crippen molar-refractivity contribution in [1.29, 1.82) is 0 Å². The predicted octanol–water partition coefficient (Wildman–Crippen LogP) is 4.24. The van der Waals surface area contributed by atoms with Crippen molar-refractivity contribution in [3.05, 3.63) is 46.5 Å². The largest absolute Gasteiger partial charge is 0.469 e. The van der Waals surface area contributed by atoms with E-state index in [1.807, 2.05) is 12.1 Å². The Hall–Kier alpha value is -1.06. The highest BCUT2D eigenvalue weighted by Crippen LogP contribution is 2.15. The summed E-state index contributed by atoms with van der Waals surface area (Å²) < 4.78 is 11.2. The first-order valence-corrected chi connectivity index (χ1v) is 10.5. The van der Waals surface area contributed by atoms with Crippen LogP contribution in [0.3, 0.4) is 0 Å². The molecule has 5 nitrogen and oxygen atoms in total. The van der Waals surface area contributed by atoms with Crippen molar-refractivity contribution in [2.24, 2.45) is 4.99 Å². The molecule has 1 unspecified atom stereocenters. The molecule has 3 rings (SSSR count). The number of hydrogen-bond acceptors (Lipinski definition) is 4. The molecule has 0 aromatic carbocycles. The van der Waals surface area contributed by atoms with E-state index in [0.717, 1.165) is 57.2 Å². The average Bonchev–Trinajstić information content (AvgIpc) is 3.36. The fourth-order valence-electron chi connectivity index (χ4n) is 3.05. The summed E-state index contributed by atoms with van der Waals surface area (Å²) in [5.74, 6) is 1.87. The molecule has 2 aromatic heterocycles. The van der Waals surface area contributed by atoms with E-state index in [-0.39, 0.29) is 24.0 Å². The van der Waals surface area contributed by atoms with E-state index in [1.54, 1.807) is 17.6 Å². The van der Waals surface area contributed by atoms with Crippen LogP contribution >= 0.6 is 35.3 Å². The van der Waals surface area contributed by atoms with Crippen molar-refractivity contribution in [2.45, 2.75) is 44.6 Å². The topological polar surface area (TPSA) is 58.8 Å². The zero-order valence-corrected chi connectivity index (χ0v) is 18.8. The molecular weight excluding hydrogens is 473 g/mol. The molecular formula is C20H30IN3O2S. The standard InChI is InChI=1S/C20H29N3O2S.HI/c1-2-14-24-17(5-1)8-11-21-20(22-12-9-18-6-3-15-25-18)23-13-10-19-7-4-16-26-19;/h3-4,6-7,15-17H,1-2,5,8-14H2,(H2,21,22,23);1H. The molecule has 1 aliphatic heterocycles. The molecule has 1 fully saturated rings. The van der Waals surface area contributed by atoms with Crippen LogP contribution in [-0.2, 0) is 17.6 Å². The van der Waals surface area contributed by atoms with Gasteiger partial charge in [-0.1, -0.05) is 6.07 Å². The lowest BCUT2D eigenvalue weighted by Gasteiger charge is -2.21. The van der Waals surface area contributed by atoms with Gasteiger partial charge < -0.3 is 19.8 Å². The Kier molecular flexibility index (Phi) is 10.8. The summed E-state index contributed by atoms with van der Waals surface area (Å²) >= 11 is 1.80. The zero-order chi connectivity index (χ0) is 17.9. The molecule has 0 saturated carbocycles. The van der Waals surface area contributed by atoms with Gasteiger partial charge in [0.1, 0.15) is 5.76 Å². The maximum atomic E-state index is 5.80. The highest BCUT2D eigenvalue weighted by molar-refractivity contribution is 14.0. The number of ether oxygens (including phenoxy) is 1. The lowest BCUT2D eigenvalue weighted by Crippen LogP contribution is -2.39. The van der Waals surface area contributed by atoms with Crippen molar-refractivity contribution >= 4 is 41.3 Å². The Morgan fingerprint density at radius 3 is 2.74 bits per heavy atom. The lowest BCUT2D eigenvalue weighted by atomic mass is 10.1. The molecule has 150 valence electrons. The van der Waals surface area contributed by atoms with Crippen LogP contribution in [0, 0.1) is 0 Å². The van der Waals surface area contributed by atoms with Crippen molar-refractivity contribution < 1.29 is 9.15 Å². The summed E-state index contributed by atoms with van der Waals surface area (Å²) in [5, 5.41) is 8.99. The molecule has 1 aliphatic rings. The maximum absolute atomic E-state index is 5.80. The third-order valence-electron chi connectivity index (χ3n) is 4.48. The van der Waals surface area contributed by atoms with Gasteiger partial charge in [0.2, 0.25) is 0 Å². The van der Waals surface area contributed by atoms with Gasteiger partial charge in [0.15, 0.2) is 5.96 Å². The number of halogens is 1. The number of rotatable bonds is 9. The number of nitrogens with one attached hydrogen (secondary N) is 2. The van der Waals surface area contributed by atoms with Crippen molar-refractivity contribution in [3.63, 3.8) is 0 Å². The maximum Gasteiger partial charge on any atom is 0.191 e. The summed E-state index contributed by atoms with van der Waals surface area (Å²) in [5.41, 5.74) is 0. The SMILES string of the molecule is I.c1coc(CCNC(=NCCC2CCCCO2)NCCc2cccs2)c1. The van der Waals surface area contributed by atoms with E-state index in [9.17, 15) is 0 Å². The molecule has 27 heavy (non-hydrogen) atoms. The van der Waals surface area contributed by atoms with Crippen LogP contribution < -0.4 is 10.6 Å². The molecule has 7 heteroatoms. The van der Waals surface area contributed by atoms with Gasteiger partial charge in [-0.3, -0.25) is 4.99 Å². The fraction of sp³-hybridized carbons (Fsp3) is 0.550. The van der Waals surface area contributed by atoms with E-state index in [2.05, 4.69) is 28.1 Å². The van der Waals surface area contributed by atoms with Crippen LogP contribution in [0.4, 0.5) is 0 Å². The van der Waals surface area contributed by atoms with Crippen molar-refractivity contribution in [2.75, 3.05) is 26.2 Å². The third-order valence-corrected chi connectivity index (χ3v) is 5.42. The minimum Gasteiger partial charge on any atom is -0.469 e. The van der Waals surface area contributed by atoms with Crippen molar-refractivity contribution in [3.8, 4) is 0 Å². The van der Waals surface area contributed by atoms with E-state index >= 15 is 0 Å². The van der Waals surface area contributed by atoms with E-state index in [1.165, 1.54) is 24.1 Å². The fourth-order valence-corrected chi connectivity index (χ4v) is 3.76. The summed E-state index contributed by atoms with van der Waals surface area (Å²) in [4.78, 5) is 6.13. The molecule has 0 amide bonds. The van der Waals surface area contributed by atoms with Gasteiger partial charge in [0.25, 0.3) is 0 Å². The second-order valence-corrected chi connectivity index (χ2v) is 7.55. The average molecular weight is 503 g/mol. The monoisotopic (exact) mass is 503 g/mol. The van der Waals surface area contributed by atoms with Gasteiger partial charge in [0.05, 0.1) is 12.4 Å². The molecule has 0 spiro atoms. The number of furan rings is 1. The van der Waals surface area contributed by atoms with Crippen LogP contribution in [0.25, 0.3) is 0 Å². The minimum atomic E-state index is 0. The van der Waals surface area contributed by atoms with Gasteiger partial charge in [-0.05, 0) is 55.7 Å². The van der Waals surface area contributed by atoms with Crippen LogP contribution in [0.15, 0.2) is 45.3 Å². The van der Waals surface area contributed by atoms with Crippen LogP contribution in [0.2, 0.25) is 0 Å². The Balaban J connectivity index is 0.00000261. The first-order valence-electron chi connectivity index (χ1n) is 9.59. The van der Waals surface area contributed by atoms with Crippen LogP contribution in [0.5, 0.6) is 0 Å². The summed E-state index contributed by atoms with van der Waals surface area (Å²) in [6.07, 6.45) is 8.60. The molecule has 1 saturated heterocycles. The van der Waals surface area contributed by atoms with Crippen molar-refractivity contribution in [1.82, 2.24) is 10.6 Å². The second-order valence-electron chi connectivity index (χ2n) is 6.52. The highest BCUT2D eigenvalue weighted by Gasteiger charge is 2.13. The minimum absolute atomic E-state index is 0. The number of aliphatic imine (C=N–C) groups is 1. The highest BCUT2D eigenvalue weighted by atomic mass is 127. The summed E-state index contributed by atoms with van der Waals surface area (Å²) in [6.45, 7) is 3.38. The number of nitrogens with zero attached hydrogens (tertiary/aromatic N) is 1. The molecule has 1 atom stereocenters. The third kappa shape index (κ3) is 8.66. The molecule has 2 N–H and O–H groups in total. The second kappa shape index (κ2) is 13.2. The quantitative estimate of drug-likeness (QED) is 0.306. The van der Waals surface area contributed by atoms with Gasteiger partial charge in [0, 0.05) is 37.5 Å². The Morgan fingerprint density at radius 1 is 1.15 bits per heavy atom. The van der Waals surface area contributed by atoms with E-state index in [0.29, 0.717) is 6.10 Å². The van der Waals surface area contributed by atoms with E-state index < -0.39 is 0 Å². The Morgan fingerprint density at radius 2 is 2.04 bits per heavy atom. The van der Waals surface area contributed by atoms with Gasteiger partial charge in [-0.15, -0.1) is 35.3 Å². The molecule has 0 bridgehead atoms. The number of guanidine groups is 1. The number of thiophene rings is 1. The predicted molar refractivity (Wildman–Crippen MR) is 122 cm³/mol. The van der Waals surface area contributed by atoms with Gasteiger partial charge >= 0.3 is 0 Å². The number of hydrogen-bond donors (Lipinski definition) is 2. The lowest BCUT2D eigenvalue weighted by molar-refractivity contribution is 0.0129. The van der Waals surface area contributed by atoms with Crippen LogP contribution in [-0.4, -0.2) is 38.3 Å². The smallest absolute Gasteiger partial charge is 0.191 e. The normalized spacial score (nSPS) is 17.3. The zero-order valence-electron chi connectivity index (χ0n) is 15.7. The molecule has 0 radical (unpaired) electrons. The molecule has 3 heterocycles. The Bertz CT molecular complexity index is 583.